The van der Waals surface area contributed by atoms with Crippen LogP contribution in [0.2, 0.25) is 4.44 Å². The molecule has 0 saturated heterocycles. The van der Waals surface area contributed by atoms with Crippen molar-refractivity contribution in [2.45, 2.75) is 24.2 Å². The Balaban J connectivity index is 0. The van der Waals surface area contributed by atoms with Gasteiger partial charge in [0.15, 0.2) is 0 Å². The Kier molecular flexibility index (Phi) is 16.3. The molecule has 0 bridgehead atoms. The minimum Gasteiger partial charge on any atom is -0.481 e. The van der Waals surface area contributed by atoms with Crippen molar-refractivity contribution in [2.24, 2.45) is 0 Å². The van der Waals surface area contributed by atoms with Crippen molar-refractivity contribution in [2.75, 3.05) is 5.75 Å². The first kappa shape index (κ1) is 13.2. The average molecular weight is 269 g/mol. The second kappa shape index (κ2) is 12.3. The van der Waals surface area contributed by atoms with Gasteiger partial charge in [0.25, 0.3) is 0 Å². The largest absolute Gasteiger partial charge is 0.481 e. The van der Waals surface area contributed by atoms with Crippen LogP contribution in [0, 0.1) is 0 Å². The summed E-state index contributed by atoms with van der Waals surface area (Å²) < 4.78 is 1.47. The molecule has 2 nitrogen and oxygen atoms in total. The van der Waals surface area contributed by atoms with E-state index in [2.05, 4.69) is 19.6 Å². The fourth-order valence-electron chi connectivity index (χ4n) is 0.204. The molecule has 0 amide bonds. The maximum absolute atomic E-state index is 9.29. The zero-order valence-corrected chi connectivity index (χ0v) is 10.4. The third-order valence-corrected chi connectivity index (χ3v) is 2.13. The van der Waals surface area contributed by atoms with Gasteiger partial charge in [0.2, 0.25) is 0 Å². The van der Waals surface area contributed by atoms with E-state index in [1.807, 2.05) is 0 Å². The molecule has 0 rings (SSSR count). The van der Waals surface area contributed by atoms with Gasteiger partial charge in [-0.1, -0.05) is 0 Å². The molecular formula is C6H14O2SSn. The monoisotopic (exact) mass is 270 g/mol. The summed E-state index contributed by atoms with van der Waals surface area (Å²) in [6.45, 7) is 2.23. The zero-order chi connectivity index (χ0) is 8.41. The van der Waals surface area contributed by atoms with Crippen LogP contribution in [0.4, 0.5) is 0 Å². The summed E-state index contributed by atoms with van der Waals surface area (Å²) in [5.74, 6) is -0.965. The van der Waals surface area contributed by atoms with Gasteiger partial charge in [0.1, 0.15) is 0 Å². The zero-order valence-electron chi connectivity index (χ0n) is 6.21. The first-order valence-electron chi connectivity index (χ1n) is 3.21. The fourth-order valence-corrected chi connectivity index (χ4v) is 1.37. The van der Waals surface area contributed by atoms with Gasteiger partial charge in [-0.05, 0) is 0 Å². The standard InChI is InChI=1S/C4H9.C2H4O2S.Sn.H/c1-3-4-2;3-2(4)1-5;;/h1,3-4H2,2H3;5H,1H2,(H,3,4);;. The number of carboxylic acids is 1. The van der Waals surface area contributed by atoms with Gasteiger partial charge in [0.05, 0.1) is 5.75 Å². The second-order valence-electron chi connectivity index (χ2n) is 1.69. The van der Waals surface area contributed by atoms with Crippen molar-refractivity contribution in [1.29, 1.82) is 0 Å². The Labute approximate surface area is 80.9 Å². The summed E-state index contributed by atoms with van der Waals surface area (Å²) in [4.78, 5) is 9.29. The minimum atomic E-state index is -0.881. The van der Waals surface area contributed by atoms with Gasteiger partial charge in [-0.3, -0.25) is 4.79 Å². The van der Waals surface area contributed by atoms with Crippen molar-refractivity contribution in [1.82, 2.24) is 0 Å². The van der Waals surface area contributed by atoms with Gasteiger partial charge in [-0.2, -0.15) is 12.6 Å². The number of rotatable bonds is 3. The van der Waals surface area contributed by atoms with Crippen molar-refractivity contribution < 1.29 is 9.90 Å². The van der Waals surface area contributed by atoms with Crippen molar-refractivity contribution >= 4 is 41.1 Å². The third-order valence-electron chi connectivity index (χ3n) is 0.693. The Morgan fingerprint density at radius 2 is 2.10 bits per heavy atom. The fraction of sp³-hybridized carbons (Fsp3) is 0.833. The molecule has 0 aromatic carbocycles. The molecule has 0 unspecified atom stereocenters. The van der Waals surface area contributed by atoms with Crippen LogP contribution in [-0.4, -0.2) is 39.4 Å². The van der Waals surface area contributed by atoms with Gasteiger partial charge < -0.3 is 5.11 Å². The van der Waals surface area contributed by atoms with E-state index in [0.717, 1.165) is 0 Å². The molecule has 0 aromatic heterocycles. The minimum absolute atomic E-state index is 0.0833. The van der Waals surface area contributed by atoms with E-state index in [1.54, 1.807) is 0 Å². The molecule has 0 saturated carbocycles. The maximum Gasteiger partial charge on any atom is 0.313 e. The molecule has 4 heteroatoms. The second-order valence-corrected chi connectivity index (χ2v) is 3.66. The SMILES string of the molecule is CCC[CH2][SnH].O=C(O)CS. The number of aliphatic carboxylic acids is 1. The molecule has 0 heterocycles. The smallest absolute Gasteiger partial charge is 0.313 e. The number of carbonyl (C=O) groups is 1. The van der Waals surface area contributed by atoms with E-state index >= 15 is 0 Å². The summed E-state index contributed by atoms with van der Waals surface area (Å²) >= 11 is 4.87. The molecular weight excluding hydrogens is 255 g/mol. The number of thiol groups is 1. The van der Waals surface area contributed by atoms with E-state index in [-0.39, 0.29) is 5.75 Å². The quantitative estimate of drug-likeness (QED) is 0.594. The van der Waals surface area contributed by atoms with Crippen molar-refractivity contribution in [3.05, 3.63) is 0 Å². The van der Waals surface area contributed by atoms with Crippen LogP contribution < -0.4 is 0 Å². The predicted octanol–water partition coefficient (Wildman–Crippen LogP) is 1.11. The van der Waals surface area contributed by atoms with E-state index in [4.69, 9.17) is 5.11 Å². The Morgan fingerprint density at radius 1 is 1.70 bits per heavy atom. The van der Waals surface area contributed by atoms with Crippen LogP contribution in [0.5, 0.6) is 0 Å². The van der Waals surface area contributed by atoms with E-state index in [9.17, 15) is 4.79 Å². The molecule has 0 spiro atoms. The number of hydrogen-bond acceptors (Lipinski definition) is 2. The number of carboxylic acid groups (broad SMARTS) is 1. The summed E-state index contributed by atoms with van der Waals surface area (Å²) in [7, 11) is 0. The van der Waals surface area contributed by atoms with Crippen LogP contribution in [-0.2, 0) is 4.79 Å². The van der Waals surface area contributed by atoms with Crippen molar-refractivity contribution in [3.63, 3.8) is 0 Å². The summed E-state index contributed by atoms with van der Waals surface area (Å²) in [5, 5.41) is 7.65. The molecule has 60 valence electrons. The van der Waals surface area contributed by atoms with Crippen LogP contribution in [0.1, 0.15) is 19.8 Å². The van der Waals surface area contributed by atoms with E-state index in [1.165, 1.54) is 39.8 Å². The van der Waals surface area contributed by atoms with Crippen LogP contribution in [0.25, 0.3) is 0 Å². The first-order valence-corrected chi connectivity index (χ1v) is 6.18. The molecule has 10 heavy (non-hydrogen) atoms. The Bertz CT molecular complexity index is 76.1. The summed E-state index contributed by atoms with van der Waals surface area (Å²) in [6, 6.07) is 0. The van der Waals surface area contributed by atoms with Gasteiger partial charge in [-0.15, -0.1) is 0 Å². The predicted molar refractivity (Wildman–Crippen MR) is 48.4 cm³/mol. The summed E-state index contributed by atoms with van der Waals surface area (Å²) in [6.07, 6.45) is 2.82. The molecule has 0 fully saturated rings. The molecule has 0 aliphatic rings. The third kappa shape index (κ3) is 23.5. The molecule has 0 atom stereocenters. The van der Waals surface area contributed by atoms with Crippen molar-refractivity contribution in [3.8, 4) is 0 Å². The molecule has 0 aliphatic carbocycles. The Hall–Kier alpha value is 0.619. The topological polar surface area (TPSA) is 37.3 Å². The molecule has 1 N–H and O–H groups in total. The maximum atomic E-state index is 9.29. The molecule has 0 aromatic rings. The van der Waals surface area contributed by atoms with Gasteiger partial charge in [-0.25, -0.2) is 0 Å². The van der Waals surface area contributed by atoms with E-state index < -0.39 is 5.97 Å². The number of unbranched alkanes of at least 4 members (excludes halogenated alkanes) is 1. The van der Waals surface area contributed by atoms with Crippen LogP contribution in [0.15, 0.2) is 0 Å². The number of hydrogen-bond donors (Lipinski definition) is 2. The van der Waals surface area contributed by atoms with E-state index in [0.29, 0.717) is 0 Å². The Morgan fingerprint density at radius 3 is 2.10 bits per heavy atom. The van der Waals surface area contributed by atoms with Crippen LogP contribution in [0.3, 0.4) is 0 Å². The molecule has 0 aliphatic heterocycles. The normalized spacial score (nSPS) is 7.90. The van der Waals surface area contributed by atoms with Gasteiger partial charge in [0, 0.05) is 0 Å². The summed E-state index contributed by atoms with van der Waals surface area (Å²) in [5.41, 5.74) is 0. The van der Waals surface area contributed by atoms with Gasteiger partial charge >= 0.3 is 52.7 Å². The molecule has 2 radical (unpaired) electrons. The van der Waals surface area contributed by atoms with Crippen LogP contribution >= 0.6 is 12.6 Å². The average Bonchev–Trinajstić information content (AvgIpc) is 1.91. The first-order chi connectivity index (χ1) is 4.68.